The third-order valence-electron chi connectivity index (χ3n) is 4.54. The largest absolute Gasteiger partial charge is 0.367 e. The highest BCUT2D eigenvalue weighted by atomic mass is 16.1. The quantitative estimate of drug-likeness (QED) is 0.878. The molecule has 22 heavy (non-hydrogen) atoms. The normalized spacial score (nSPS) is 24.0. The van der Waals surface area contributed by atoms with Gasteiger partial charge in [0.15, 0.2) is 0 Å². The van der Waals surface area contributed by atoms with E-state index in [0.29, 0.717) is 18.5 Å². The lowest BCUT2D eigenvalue weighted by atomic mass is 10.0. The predicted molar refractivity (Wildman–Crippen MR) is 85.6 cm³/mol. The highest BCUT2D eigenvalue weighted by molar-refractivity contribution is 5.76. The van der Waals surface area contributed by atoms with Crippen LogP contribution >= 0.6 is 0 Å². The molecule has 6 nitrogen and oxygen atoms in total. The van der Waals surface area contributed by atoms with Crippen molar-refractivity contribution in [1.29, 1.82) is 0 Å². The first-order chi connectivity index (χ1) is 10.7. The molecule has 6 heteroatoms. The maximum absolute atomic E-state index is 11.4. The van der Waals surface area contributed by atoms with E-state index in [1.54, 1.807) is 6.33 Å². The second-order valence-electron chi connectivity index (χ2n) is 6.42. The second kappa shape index (κ2) is 7.05. The molecule has 1 aromatic rings. The Morgan fingerprint density at radius 1 is 1.32 bits per heavy atom. The van der Waals surface area contributed by atoms with Gasteiger partial charge in [0, 0.05) is 49.9 Å². The van der Waals surface area contributed by atoms with Crippen molar-refractivity contribution in [3.8, 4) is 0 Å². The molecule has 1 amide bonds. The lowest BCUT2D eigenvalue weighted by Crippen LogP contribution is -2.49. The van der Waals surface area contributed by atoms with Gasteiger partial charge in [-0.05, 0) is 32.6 Å². The zero-order chi connectivity index (χ0) is 15.4. The minimum atomic E-state index is 0.215. The number of nitrogens with zero attached hydrogens (tertiary/aromatic N) is 3. The summed E-state index contributed by atoms with van der Waals surface area (Å²) in [5, 5.41) is 6.61. The minimum Gasteiger partial charge on any atom is -0.367 e. The Morgan fingerprint density at radius 3 is 2.86 bits per heavy atom. The lowest BCUT2D eigenvalue weighted by Gasteiger charge is -2.35. The van der Waals surface area contributed by atoms with Crippen molar-refractivity contribution in [2.75, 3.05) is 25.0 Å². The van der Waals surface area contributed by atoms with Crippen LogP contribution in [-0.4, -0.2) is 52.5 Å². The number of aryl methyl sites for hydroxylation is 1. The van der Waals surface area contributed by atoms with Crippen LogP contribution in [0.2, 0.25) is 0 Å². The lowest BCUT2D eigenvalue weighted by molar-refractivity contribution is -0.123. The van der Waals surface area contributed by atoms with Gasteiger partial charge in [0.25, 0.3) is 0 Å². The molecule has 1 atom stereocenters. The molecule has 2 aliphatic heterocycles. The number of hydrogen-bond donors (Lipinski definition) is 2. The van der Waals surface area contributed by atoms with E-state index in [0.717, 1.165) is 56.8 Å². The maximum Gasteiger partial charge on any atom is 0.220 e. The molecule has 0 aliphatic carbocycles. The van der Waals surface area contributed by atoms with E-state index in [4.69, 9.17) is 0 Å². The number of carbonyl (C=O) groups excluding carboxylic acids is 1. The molecule has 0 aromatic carbocycles. The first kappa shape index (κ1) is 15.2. The van der Waals surface area contributed by atoms with E-state index < -0.39 is 0 Å². The highest BCUT2D eigenvalue weighted by Crippen LogP contribution is 2.17. The molecule has 0 saturated carbocycles. The fraction of sp³-hybridized carbons (Fsp3) is 0.688. The molecule has 3 heterocycles. The Hall–Kier alpha value is -1.69. The number of hydrogen-bond acceptors (Lipinski definition) is 5. The van der Waals surface area contributed by atoms with Gasteiger partial charge in [-0.25, -0.2) is 9.97 Å². The molecule has 1 aromatic heterocycles. The Balaban J connectivity index is 1.43. The third kappa shape index (κ3) is 4.16. The van der Waals surface area contributed by atoms with Crippen LogP contribution in [0.5, 0.6) is 0 Å². The van der Waals surface area contributed by atoms with E-state index >= 15 is 0 Å². The van der Waals surface area contributed by atoms with Crippen molar-refractivity contribution in [2.24, 2.45) is 0 Å². The fourth-order valence-electron chi connectivity index (χ4n) is 3.33. The summed E-state index contributed by atoms with van der Waals surface area (Å²) >= 11 is 0. The molecule has 3 rings (SSSR count). The topological polar surface area (TPSA) is 70.2 Å². The molecule has 0 radical (unpaired) electrons. The van der Waals surface area contributed by atoms with Crippen molar-refractivity contribution < 1.29 is 4.79 Å². The summed E-state index contributed by atoms with van der Waals surface area (Å²) in [6.45, 7) is 5.13. The highest BCUT2D eigenvalue weighted by Gasteiger charge is 2.24. The monoisotopic (exact) mass is 303 g/mol. The van der Waals surface area contributed by atoms with Crippen LogP contribution in [0, 0.1) is 6.92 Å². The van der Waals surface area contributed by atoms with Gasteiger partial charge in [-0.15, -0.1) is 0 Å². The Bertz CT molecular complexity index is 513. The summed E-state index contributed by atoms with van der Waals surface area (Å²) in [6, 6.07) is 2.81. The average Bonchev–Trinajstić information content (AvgIpc) is 2.49. The number of carbonyl (C=O) groups is 1. The van der Waals surface area contributed by atoms with Gasteiger partial charge >= 0.3 is 0 Å². The van der Waals surface area contributed by atoms with Gasteiger partial charge in [0.05, 0.1) is 0 Å². The molecule has 1 unspecified atom stereocenters. The second-order valence-corrected chi connectivity index (χ2v) is 6.42. The Kier molecular flexibility index (Phi) is 4.87. The summed E-state index contributed by atoms with van der Waals surface area (Å²) in [7, 11) is 0. The van der Waals surface area contributed by atoms with E-state index in [-0.39, 0.29) is 5.91 Å². The number of likely N-dealkylation sites (tertiary alicyclic amines) is 1. The van der Waals surface area contributed by atoms with Crippen molar-refractivity contribution in [3.63, 3.8) is 0 Å². The SMILES string of the molecule is Cc1cc(NC2CCN(CC3CCCC(=O)N3)CC2)ncn1. The van der Waals surface area contributed by atoms with Crippen molar-refractivity contribution in [3.05, 3.63) is 18.1 Å². The summed E-state index contributed by atoms with van der Waals surface area (Å²) < 4.78 is 0. The number of piperidine rings is 2. The van der Waals surface area contributed by atoms with Crippen molar-refractivity contribution in [1.82, 2.24) is 20.2 Å². The number of nitrogens with one attached hydrogen (secondary N) is 2. The van der Waals surface area contributed by atoms with Crippen LogP contribution in [0.3, 0.4) is 0 Å². The maximum atomic E-state index is 11.4. The van der Waals surface area contributed by atoms with Gasteiger partial charge in [-0.2, -0.15) is 0 Å². The molecule has 120 valence electrons. The van der Waals surface area contributed by atoms with Crippen LogP contribution < -0.4 is 10.6 Å². The van der Waals surface area contributed by atoms with Gasteiger partial charge in [-0.3, -0.25) is 4.79 Å². The van der Waals surface area contributed by atoms with E-state index in [2.05, 4.69) is 25.5 Å². The van der Waals surface area contributed by atoms with Crippen LogP contribution in [0.25, 0.3) is 0 Å². The summed E-state index contributed by atoms with van der Waals surface area (Å²) in [4.78, 5) is 22.3. The molecular formula is C16H25N5O. The van der Waals surface area contributed by atoms with Crippen molar-refractivity contribution >= 4 is 11.7 Å². The smallest absolute Gasteiger partial charge is 0.220 e. The summed E-state index contributed by atoms with van der Waals surface area (Å²) in [6.07, 6.45) is 6.68. The molecule has 0 bridgehead atoms. The first-order valence-electron chi connectivity index (χ1n) is 8.26. The van der Waals surface area contributed by atoms with Gasteiger partial charge < -0.3 is 15.5 Å². The van der Waals surface area contributed by atoms with Crippen LogP contribution in [0.4, 0.5) is 5.82 Å². The standard InChI is InChI=1S/C16H25N5O/c1-12-9-15(18-11-17-12)19-13-5-7-21(8-6-13)10-14-3-2-4-16(22)20-14/h9,11,13-14H,2-8,10H2,1H3,(H,20,22)(H,17,18,19). The summed E-state index contributed by atoms with van der Waals surface area (Å²) in [5.74, 6) is 1.14. The number of aromatic nitrogens is 2. The Labute approximate surface area is 131 Å². The molecular weight excluding hydrogens is 278 g/mol. The molecule has 2 N–H and O–H groups in total. The zero-order valence-electron chi connectivity index (χ0n) is 13.2. The van der Waals surface area contributed by atoms with E-state index in [1.165, 1.54) is 0 Å². The van der Waals surface area contributed by atoms with Crippen molar-refractivity contribution in [2.45, 2.75) is 51.1 Å². The van der Waals surface area contributed by atoms with Crippen LogP contribution in [-0.2, 0) is 4.79 Å². The fourth-order valence-corrected chi connectivity index (χ4v) is 3.33. The van der Waals surface area contributed by atoms with Crippen LogP contribution in [0.1, 0.15) is 37.8 Å². The Morgan fingerprint density at radius 2 is 2.14 bits per heavy atom. The van der Waals surface area contributed by atoms with Crippen LogP contribution in [0.15, 0.2) is 12.4 Å². The third-order valence-corrected chi connectivity index (χ3v) is 4.54. The predicted octanol–water partition coefficient (Wildman–Crippen LogP) is 1.33. The number of rotatable bonds is 4. The van der Waals surface area contributed by atoms with E-state index in [9.17, 15) is 4.79 Å². The minimum absolute atomic E-state index is 0.215. The van der Waals surface area contributed by atoms with Gasteiger partial charge in [0.2, 0.25) is 5.91 Å². The molecule has 2 saturated heterocycles. The molecule has 0 spiro atoms. The molecule has 2 aliphatic rings. The van der Waals surface area contributed by atoms with E-state index in [1.807, 2.05) is 13.0 Å². The van der Waals surface area contributed by atoms with Gasteiger partial charge in [0.1, 0.15) is 12.1 Å². The first-order valence-corrected chi connectivity index (χ1v) is 8.26. The number of anilines is 1. The van der Waals surface area contributed by atoms with Gasteiger partial charge in [-0.1, -0.05) is 0 Å². The summed E-state index contributed by atoms with van der Waals surface area (Å²) in [5.41, 5.74) is 0.989. The average molecular weight is 303 g/mol. The zero-order valence-corrected chi connectivity index (χ0v) is 13.2. The number of amides is 1. The molecule has 2 fully saturated rings.